The SMILES string of the molecule is COc1c(O[C@@H]2OC(CO)[C@@H](O)[C@H](O)C2O)cc2oc3cc(O[C@H]4O[C@H](CO)[C@H](O)C(O)C4O)c(CC=C(C)C)c(O)c3c(=O)c2c1CC=C(C)C. The van der Waals surface area contributed by atoms with Crippen LogP contribution in [0.15, 0.2) is 44.6 Å². The summed E-state index contributed by atoms with van der Waals surface area (Å²) < 4.78 is 35.0. The van der Waals surface area contributed by atoms with Crippen LogP contribution in [0.1, 0.15) is 38.8 Å². The number of aromatic hydroxyl groups is 1. The van der Waals surface area contributed by atoms with Crippen molar-refractivity contribution in [3.05, 3.63) is 56.8 Å². The van der Waals surface area contributed by atoms with E-state index >= 15 is 0 Å². The molecule has 286 valence electrons. The Kier molecular flexibility index (Phi) is 12.2. The predicted octanol–water partition coefficient (Wildman–Crippen LogP) is 0.0352. The average Bonchev–Trinajstić information content (AvgIpc) is 3.10. The van der Waals surface area contributed by atoms with E-state index in [1.165, 1.54) is 19.2 Å². The van der Waals surface area contributed by atoms with Gasteiger partial charge in [0.25, 0.3) is 0 Å². The van der Waals surface area contributed by atoms with Gasteiger partial charge in [-0.05, 0) is 40.5 Å². The summed E-state index contributed by atoms with van der Waals surface area (Å²) in [6.45, 7) is 5.94. The number of benzene rings is 2. The van der Waals surface area contributed by atoms with E-state index in [0.717, 1.165) is 11.1 Å². The van der Waals surface area contributed by atoms with Crippen LogP contribution in [0.5, 0.6) is 23.0 Å². The van der Waals surface area contributed by atoms with E-state index in [1.807, 2.05) is 33.8 Å². The summed E-state index contributed by atoms with van der Waals surface area (Å²) in [6.07, 6.45) is -12.3. The smallest absolute Gasteiger partial charge is 0.229 e. The van der Waals surface area contributed by atoms with Crippen LogP contribution in [0.2, 0.25) is 0 Å². The Morgan fingerprint density at radius 3 is 1.63 bits per heavy atom. The fourth-order valence-electron chi connectivity index (χ4n) is 6.20. The second-order valence-electron chi connectivity index (χ2n) is 13.4. The summed E-state index contributed by atoms with van der Waals surface area (Å²) in [5, 5.41) is 93.5. The van der Waals surface area contributed by atoms with E-state index in [2.05, 4.69) is 0 Å². The van der Waals surface area contributed by atoms with Gasteiger partial charge < -0.3 is 74.1 Å². The molecule has 2 aliphatic heterocycles. The molecule has 0 radical (unpaired) electrons. The van der Waals surface area contributed by atoms with Crippen LogP contribution in [0.25, 0.3) is 21.9 Å². The molecule has 2 aromatic carbocycles. The number of phenolic OH excluding ortho intramolecular Hbond substituents is 1. The van der Waals surface area contributed by atoms with Crippen molar-refractivity contribution >= 4 is 21.9 Å². The van der Waals surface area contributed by atoms with Crippen LogP contribution in [0.3, 0.4) is 0 Å². The highest BCUT2D eigenvalue weighted by molar-refractivity contribution is 5.98. The Morgan fingerprint density at radius 1 is 0.692 bits per heavy atom. The Morgan fingerprint density at radius 2 is 1.15 bits per heavy atom. The molecule has 0 bridgehead atoms. The van der Waals surface area contributed by atoms with Gasteiger partial charge in [0.15, 0.2) is 11.5 Å². The maximum absolute atomic E-state index is 14.5. The molecule has 0 spiro atoms. The first kappa shape index (κ1) is 39.4. The van der Waals surface area contributed by atoms with Gasteiger partial charge in [-0.1, -0.05) is 23.3 Å². The van der Waals surface area contributed by atoms with Crippen molar-refractivity contribution in [3.8, 4) is 23.0 Å². The molecule has 4 unspecified atom stereocenters. The molecule has 0 saturated carbocycles. The van der Waals surface area contributed by atoms with Gasteiger partial charge in [0.2, 0.25) is 18.0 Å². The van der Waals surface area contributed by atoms with Gasteiger partial charge in [-0.15, -0.1) is 0 Å². The molecule has 1 aromatic heterocycles. The summed E-state index contributed by atoms with van der Waals surface area (Å²) >= 11 is 0. The summed E-state index contributed by atoms with van der Waals surface area (Å²) in [4.78, 5) is 14.5. The van der Waals surface area contributed by atoms with Gasteiger partial charge in [-0.2, -0.15) is 0 Å². The van der Waals surface area contributed by atoms with Gasteiger partial charge in [0.1, 0.15) is 76.9 Å². The van der Waals surface area contributed by atoms with Crippen LogP contribution in [0, 0.1) is 0 Å². The highest BCUT2D eigenvalue weighted by Gasteiger charge is 2.46. The van der Waals surface area contributed by atoms with Crippen molar-refractivity contribution in [3.63, 3.8) is 0 Å². The van der Waals surface area contributed by atoms with Crippen molar-refractivity contribution in [1.29, 1.82) is 0 Å². The van der Waals surface area contributed by atoms with Crippen molar-refractivity contribution < 1.29 is 74.1 Å². The van der Waals surface area contributed by atoms with E-state index in [-0.39, 0.29) is 63.2 Å². The molecule has 2 saturated heterocycles. The maximum atomic E-state index is 14.5. The minimum absolute atomic E-state index is 0.0223. The van der Waals surface area contributed by atoms with Crippen LogP contribution < -0.4 is 19.6 Å². The number of rotatable bonds is 11. The lowest BCUT2D eigenvalue weighted by atomic mass is 9.97. The lowest BCUT2D eigenvalue weighted by molar-refractivity contribution is -0.277. The Balaban J connectivity index is 1.73. The molecule has 16 nitrogen and oxygen atoms in total. The Bertz CT molecular complexity index is 1870. The predicted molar refractivity (Wildman–Crippen MR) is 183 cm³/mol. The van der Waals surface area contributed by atoms with Gasteiger partial charge in [-0.3, -0.25) is 4.79 Å². The Hall–Kier alpha value is -3.81. The quantitative estimate of drug-likeness (QED) is 0.0930. The molecule has 16 heteroatoms. The first-order chi connectivity index (χ1) is 24.6. The van der Waals surface area contributed by atoms with Crippen LogP contribution >= 0.6 is 0 Å². The summed E-state index contributed by atoms with van der Waals surface area (Å²) in [5.74, 6) is -0.661. The van der Waals surface area contributed by atoms with Crippen molar-refractivity contribution in [1.82, 2.24) is 0 Å². The number of fused-ring (bicyclic) bond motifs is 2. The average molecular weight is 735 g/mol. The molecule has 3 aromatic rings. The zero-order valence-electron chi connectivity index (χ0n) is 29.3. The third kappa shape index (κ3) is 7.49. The number of phenols is 1. The molecule has 2 fully saturated rings. The number of hydrogen-bond donors (Lipinski definition) is 9. The van der Waals surface area contributed by atoms with Gasteiger partial charge in [0.05, 0.1) is 25.7 Å². The largest absolute Gasteiger partial charge is 0.507 e. The second-order valence-corrected chi connectivity index (χ2v) is 13.4. The van der Waals surface area contributed by atoms with Crippen molar-refractivity contribution in [2.45, 2.75) is 102 Å². The highest BCUT2D eigenvalue weighted by atomic mass is 16.7. The minimum atomic E-state index is -1.78. The number of aliphatic hydroxyl groups is 8. The van der Waals surface area contributed by atoms with Crippen LogP contribution in [-0.4, -0.2) is 128 Å². The second kappa shape index (κ2) is 16.1. The number of methoxy groups -OCH3 is 1. The van der Waals surface area contributed by atoms with Crippen molar-refractivity contribution in [2.24, 2.45) is 0 Å². The first-order valence-corrected chi connectivity index (χ1v) is 16.7. The topological polar surface area (TPSA) is 258 Å². The van der Waals surface area contributed by atoms with E-state index in [9.17, 15) is 50.8 Å². The molecular weight excluding hydrogens is 688 g/mol. The molecule has 9 N–H and O–H groups in total. The lowest BCUT2D eigenvalue weighted by Gasteiger charge is -2.39. The van der Waals surface area contributed by atoms with E-state index < -0.39 is 85.8 Å². The zero-order valence-corrected chi connectivity index (χ0v) is 29.3. The highest BCUT2D eigenvalue weighted by Crippen LogP contribution is 2.43. The minimum Gasteiger partial charge on any atom is -0.507 e. The van der Waals surface area contributed by atoms with E-state index in [1.54, 1.807) is 6.08 Å². The van der Waals surface area contributed by atoms with Gasteiger partial charge in [0, 0.05) is 23.3 Å². The number of aliphatic hydroxyl groups excluding tert-OH is 8. The summed E-state index contributed by atoms with van der Waals surface area (Å²) in [6, 6.07) is 2.58. The Labute approximate surface area is 297 Å². The van der Waals surface area contributed by atoms with Crippen molar-refractivity contribution in [2.75, 3.05) is 20.3 Å². The maximum Gasteiger partial charge on any atom is 0.229 e. The molecule has 2 aliphatic rings. The molecule has 5 rings (SSSR count). The van der Waals surface area contributed by atoms with E-state index in [0.29, 0.717) is 0 Å². The van der Waals surface area contributed by atoms with Gasteiger partial charge in [-0.25, -0.2) is 0 Å². The lowest BCUT2D eigenvalue weighted by Crippen LogP contribution is -2.60. The number of allylic oxidation sites excluding steroid dienone is 4. The van der Waals surface area contributed by atoms with Crippen LogP contribution in [0.4, 0.5) is 0 Å². The van der Waals surface area contributed by atoms with Gasteiger partial charge >= 0.3 is 0 Å². The molecule has 0 amide bonds. The zero-order chi connectivity index (χ0) is 38.2. The molecule has 10 atom stereocenters. The molecule has 3 heterocycles. The number of hydrogen-bond acceptors (Lipinski definition) is 16. The number of ether oxygens (including phenoxy) is 5. The molecular formula is C36H46O16. The summed E-state index contributed by atoms with van der Waals surface area (Å²) in [7, 11) is 1.33. The van der Waals surface area contributed by atoms with Crippen LogP contribution in [-0.2, 0) is 22.3 Å². The first-order valence-electron chi connectivity index (χ1n) is 16.7. The summed E-state index contributed by atoms with van der Waals surface area (Å²) in [5.41, 5.74) is 1.26. The molecule has 0 aliphatic carbocycles. The standard InChI is InChI=1S/C36H46O16/c1-14(2)6-8-16-18(49-35-32(45)30(43)27(40)22(12-37)51-35)10-20-25(26(16)39)29(42)24-17(9-7-15(3)4)34(47-5)21(11-19(24)48-20)50-36-33(46)31(44)28(41)23(13-38)52-36/h6-7,10-11,22-23,27-28,30-33,35-41,43-46H,8-9,12-13H2,1-5H3/t22-,23?,27+,28-,30?,31+,32?,33?,35+,36-/m1/s1. The third-order valence-corrected chi connectivity index (χ3v) is 9.13. The fourth-order valence-corrected chi connectivity index (χ4v) is 6.20. The van der Waals surface area contributed by atoms with E-state index in [4.69, 9.17) is 28.1 Å². The molecule has 52 heavy (non-hydrogen) atoms. The monoisotopic (exact) mass is 734 g/mol. The normalized spacial score (nSPS) is 29.2. The fraction of sp³-hybridized carbons (Fsp3) is 0.528. The third-order valence-electron chi connectivity index (χ3n) is 9.13.